The van der Waals surface area contributed by atoms with Crippen LogP contribution in [0.3, 0.4) is 0 Å². The SMILES string of the molecule is O=S(=O)=C1CNCCN1c1ccccc1. The molecule has 0 atom stereocenters. The van der Waals surface area contributed by atoms with Crippen molar-refractivity contribution in [1.82, 2.24) is 5.32 Å². The third-order valence-corrected chi connectivity index (χ3v) is 3.10. The van der Waals surface area contributed by atoms with E-state index >= 15 is 0 Å². The molecule has 5 heteroatoms. The van der Waals surface area contributed by atoms with E-state index in [0.29, 0.717) is 18.1 Å². The Bertz CT molecular complexity index is 459. The number of piperazine rings is 1. The van der Waals surface area contributed by atoms with Gasteiger partial charge in [-0.3, -0.25) is 0 Å². The average Bonchev–Trinajstić information content (AvgIpc) is 2.30. The third kappa shape index (κ3) is 2.19. The lowest BCUT2D eigenvalue weighted by Crippen LogP contribution is -2.48. The van der Waals surface area contributed by atoms with E-state index in [1.807, 2.05) is 35.2 Å². The van der Waals surface area contributed by atoms with E-state index in [0.717, 1.165) is 12.2 Å². The van der Waals surface area contributed by atoms with Gasteiger partial charge in [-0.2, -0.15) is 8.42 Å². The van der Waals surface area contributed by atoms with Gasteiger partial charge in [-0.05, 0) is 12.1 Å². The van der Waals surface area contributed by atoms with E-state index in [2.05, 4.69) is 5.32 Å². The molecule has 0 aliphatic carbocycles. The van der Waals surface area contributed by atoms with Crippen molar-refractivity contribution < 1.29 is 8.42 Å². The summed E-state index contributed by atoms with van der Waals surface area (Å²) in [6.07, 6.45) is 0. The van der Waals surface area contributed by atoms with Crippen molar-refractivity contribution in [2.45, 2.75) is 0 Å². The molecule has 1 fully saturated rings. The highest BCUT2D eigenvalue weighted by Crippen LogP contribution is 2.14. The summed E-state index contributed by atoms with van der Waals surface area (Å²) in [7, 11) is -2.15. The summed E-state index contributed by atoms with van der Waals surface area (Å²) in [6.45, 7) is 1.90. The van der Waals surface area contributed by atoms with Crippen LogP contribution in [0.2, 0.25) is 0 Å². The van der Waals surface area contributed by atoms with E-state index in [1.54, 1.807) is 0 Å². The van der Waals surface area contributed by atoms with Crippen LogP contribution in [0.5, 0.6) is 0 Å². The molecule has 0 spiro atoms. The standard InChI is InChI=1S/C10H12N2O2S/c13-15(14)10-8-11-6-7-12(10)9-4-2-1-3-5-9/h1-5,11H,6-8H2. The summed E-state index contributed by atoms with van der Waals surface area (Å²) < 4.78 is 22.0. The van der Waals surface area contributed by atoms with Gasteiger partial charge < -0.3 is 10.2 Å². The van der Waals surface area contributed by atoms with Crippen LogP contribution in [0.4, 0.5) is 5.69 Å². The number of anilines is 1. The zero-order valence-corrected chi connectivity index (χ0v) is 9.00. The zero-order chi connectivity index (χ0) is 10.7. The van der Waals surface area contributed by atoms with Crippen molar-refractivity contribution in [2.75, 3.05) is 24.5 Å². The second-order valence-corrected chi connectivity index (χ2v) is 4.23. The second-order valence-electron chi connectivity index (χ2n) is 3.29. The lowest BCUT2D eigenvalue weighted by molar-refractivity contribution is 0.624. The molecule has 0 saturated carbocycles. The Labute approximate surface area is 90.1 Å². The minimum absolute atomic E-state index is 0.408. The van der Waals surface area contributed by atoms with Gasteiger partial charge >= 0.3 is 0 Å². The van der Waals surface area contributed by atoms with Gasteiger partial charge in [-0.1, -0.05) is 18.2 Å². The first-order valence-electron chi connectivity index (χ1n) is 4.77. The lowest BCUT2D eigenvalue weighted by Gasteiger charge is -2.29. The van der Waals surface area contributed by atoms with Gasteiger partial charge in [0, 0.05) is 18.8 Å². The molecule has 1 aromatic carbocycles. The highest BCUT2D eigenvalue weighted by molar-refractivity contribution is 7.73. The van der Waals surface area contributed by atoms with E-state index in [4.69, 9.17) is 0 Å². The fourth-order valence-electron chi connectivity index (χ4n) is 1.64. The molecule has 0 radical (unpaired) electrons. The minimum Gasteiger partial charge on any atom is -0.330 e. The Morgan fingerprint density at radius 2 is 1.93 bits per heavy atom. The molecule has 0 aromatic heterocycles. The van der Waals surface area contributed by atoms with Crippen molar-refractivity contribution in [2.24, 2.45) is 0 Å². The van der Waals surface area contributed by atoms with Crippen molar-refractivity contribution >= 4 is 21.0 Å². The van der Waals surface area contributed by atoms with Crippen LogP contribution in [0.25, 0.3) is 0 Å². The van der Waals surface area contributed by atoms with Crippen molar-refractivity contribution in [3.05, 3.63) is 30.3 Å². The van der Waals surface area contributed by atoms with Gasteiger partial charge in [0.1, 0.15) is 0 Å². The highest BCUT2D eigenvalue weighted by atomic mass is 32.2. The fourth-order valence-corrected chi connectivity index (χ4v) is 2.23. The molecule has 2 rings (SSSR count). The lowest BCUT2D eigenvalue weighted by atomic mass is 10.2. The molecular formula is C10H12N2O2S. The van der Waals surface area contributed by atoms with Crippen LogP contribution in [0.15, 0.2) is 30.3 Å². The Morgan fingerprint density at radius 3 is 2.60 bits per heavy atom. The Balaban J connectivity index is 2.39. The van der Waals surface area contributed by atoms with Crippen molar-refractivity contribution in [3.8, 4) is 0 Å². The van der Waals surface area contributed by atoms with Gasteiger partial charge in [-0.25, -0.2) is 0 Å². The summed E-state index contributed by atoms with van der Waals surface area (Å²) in [5, 5.41) is 3.04. The molecule has 1 heterocycles. The molecule has 0 amide bonds. The van der Waals surface area contributed by atoms with Crippen molar-refractivity contribution in [1.29, 1.82) is 0 Å². The first-order chi connectivity index (χ1) is 7.29. The van der Waals surface area contributed by atoms with Crippen molar-refractivity contribution in [3.63, 3.8) is 0 Å². The van der Waals surface area contributed by atoms with Crippen LogP contribution in [-0.2, 0) is 10.3 Å². The molecule has 1 saturated heterocycles. The number of benzene rings is 1. The third-order valence-electron chi connectivity index (χ3n) is 2.35. The second kappa shape index (κ2) is 4.46. The number of rotatable bonds is 1. The molecule has 0 bridgehead atoms. The highest BCUT2D eigenvalue weighted by Gasteiger charge is 2.18. The fraction of sp³-hybridized carbons (Fsp3) is 0.300. The maximum Gasteiger partial charge on any atom is 0.235 e. The van der Waals surface area contributed by atoms with Gasteiger partial charge in [0.15, 0.2) is 4.99 Å². The molecule has 1 aromatic rings. The summed E-state index contributed by atoms with van der Waals surface area (Å²) in [5.74, 6) is 0. The average molecular weight is 224 g/mol. The molecule has 4 nitrogen and oxygen atoms in total. The van der Waals surface area contributed by atoms with Gasteiger partial charge in [0.05, 0.1) is 6.54 Å². The van der Waals surface area contributed by atoms with E-state index in [1.165, 1.54) is 0 Å². The first kappa shape index (κ1) is 10.2. The number of nitrogens with zero attached hydrogens (tertiary/aromatic N) is 1. The number of hydrogen-bond acceptors (Lipinski definition) is 3. The smallest absolute Gasteiger partial charge is 0.235 e. The van der Waals surface area contributed by atoms with E-state index in [9.17, 15) is 8.42 Å². The Morgan fingerprint density at radius 1 is 1.20 bits per heavy atom. The maximum atomic E-state index is 11.0. The first-order valence-corrected chi connectivity index (χ1v) is 5.85. The molecule has 0 unspecified atom stereocenters. The predicted molar refractivity (Wildman–Crippen MR) is 60.6 cm³/mol. The van der Waals surface area contributed by atoms with Crippen LogP contribution in [0.1, 0.15) is 0 Å². The topological polar surface area (TPSA) is 49.4 Å². The van der Waals surface area contributed by atoms with E-state index in [-0.39, 0.29) is 0 Å². The number of hydrogen-bond donors (Lipinski definition) is 1. The van der Waals surface area contributed by atoms with Crippen LogP contribution in [-0.4, -0.2) is 33.0 Å². The van der Waals surface area contributed by atoms with Gasteiger partial charge in [0.2, 0.25) is 10.3 Å². The Hall–Kier alpha value is -1.33. The normalized spacial score (nSPS) is 16.5. The van der Waals surface area contributed by atoms with E-state index < -0.39 is 10.3 Å². The molecular weight excluding hydrogens is 212 g/mol. The van der Waals surface area contributed by atoms with Crippen LogP contribution >= 0.6 is 0 Å². The van der Waals surface area contributed by atoms with Crippen LogP contribution < -0.4 is 10.2 Å². The van der Waals surface area contributed by atoms with Gasteiger partial charge in [-0.15, -0.1) is 0 Å². The molecule has 80 valence electrons. The quantitative estimate of drug-likeness (QED) is 0.688. The molecule has 1 aliphatic heterocycles. The summed E-state index contributed by atoms with van der Waals surface area (Å²) >= 11 is 0. The largest absolute Gasteiger partial charge is 0.330 e. The summed E-state index contributed by atoms with van der Waals surface area (Å²) in [5.41, 5.74) is 0.929. The van der Waals surface area contributed by atoms with Gasteiger partial charge in [0.25, 0.3) is 0 Å². The minimum atomic E-state index is -2.15. The molecule has 1 N–H and O–H groups in total. The molecule has 15 heavy (non-hydrogen) atoms. The number of nitrogens with one attached hydrogen (secondary N) is 1. The Kier molecular flexibility index (Phi) is 3.03. The predicted octanol–water partition coefficient (Wildman–Crippen LogP) is 0.105. The monoisotopic (exact) mass is 224 g/mol. The maximum absolute atomic E-state index is 11.0. The zero-order valence-electron chi connectivity index (χ0n) is 8.18. The summed E-state index contributed by atoms with van der Waals surface area (Å²) in [4.78, 5) is 2.24. The number of para-hydroxylation sites is 1. The molecule has 1 aliphatic rings. The summed E-state index contributed by atoms with van der Waals surface area (Å²) in [6, 6.07) is 9.56. The van der Waals surface area contributed by atoms with Crippen LogP contribution in [0, 0.1) is 0 Å².